The second-order valence-electron chi connectivity index (χ2n) is 3.21. The first-order valence-corrected chi connectivity index (χ1v) is 5.84. The molecule has 0 bridgehead atoms. The highest BCUT2D eigenvalue weighted by molar-refractivity contribution is 7.14. The molecule has 9 heteroatoms. The van der Waals surface area contributed by atoms with Gasteiger partial charge in [-0.25, -0.2) is 4.79 Å². The number of rotatable bonds is 6. The molecule has 0 aliphatic rings. The molecule has 0 atom stereocenters. The summed E-state index contributed by atoms with van der Waals surface area (Å²) in [6, 6.07) is 1.29. The lowest BCUT2D eigenvalue weighted by Crippen LogP contribution is -2.36. The van der Waals surface area contributed by atoms with Crippen molar-refractivity contribution in [2.45, 2.75) is 0 Å². The predicted octanol–water partition coefficient (Wildman–Crippen LogP) is 1.87. The average Bonchev–Trinajstić information content (AvgIpc) is 2.81. The molecule has 1 rings (SSSR count). The monoisotopic (exact) mass is 286 g/mol. The number of amides is 1. The van der Waals surface area contributed by atoms with Gasteiger partial charge in [0.05, 0.1) is 4.92 Å². The molecule has 1 heterocycles. The molecular weight excluding hydrogens is 276 g/mol. The standard InChI is InChI=1S/C10H10N2O6S/c1-2-4-18-10(15)11(6-8(13)14)7-3-5-19-9(7)12(16)17/h2-3,5H,1,4,6H2,(H,13,14). The summed E-state index contributed by atoms with van der Waals surface area (Å²) in [6.45, 7) is 2.50. The molecule has 0 radical (unpaired) electrons. The Bertz CT molecular complexity index is 512. The van der Waals surface area contributed by atoms with Gasteiger partial charge >= 0.3 is 17.1 Å². The van der Waals surface area contributed by atoms with Gasteiger partial charge in [0.2, 0.25) is 0 Å². The summed E-state index contributed by atoms with van der Waals surface area (Å²) in [5.74, 6) is -1.31. The van der Waals surface area contributed by atoms with E-state index < -0.39 is 23.5 Å². The summed E-state index contributed by atoms with van der Waals surface area (Å²) in [4.78, 5) is 33.2. The molecular formula is C10H10N2O6S. The number of anilines is 1. The van der Waals surface area contributed by atoms with Crippen molar-refractivity contribution >= 4 is 34.1 Å². The molecule has 0 unspecified atom stereocenters. The van der Waals surface area contributed by atoms with Gasteiger partial charge in [-0.1, -0.05) is 24.0 Å². The lowest BCUT2D eigenvalue weighted by Gasteiger charge is -2.17. The highest BCUT2D eigenvalue weighted by Gasteiger charge is 2.28. The van der Waals surface area contributed by atoms with Gasteiger partial charge in [-0.05, 0) is 11.4 Å². The second kappa shape index (κ2) is 6.50. The fraction of sp³-hybridized carbons (Fsp3) is 0.200. The number of hydrogen-bond donors (Lipinski definition) is 1. The number of thiophene rings is 1. The molecule has 0 saturated carbocycles. The molecule has 102 valence electrons. The minimum absolute atomic E-state index is 0.105. The largest absolute Gasteiger partial charge is 0.480 e. The Morgan fingerprint density at radius 2 is 2.32 bits per heavy atom. The number of carbonyl (C=O) groups excluding carboxylic acids is 1. The van der Waals surface area contributed by atoms with E-state index in [9.17, 15) is 19.7 Å². The average molecular weight is 286 g/mol. The van der Waals surface area contributed by atoms with Crippen molar-refractivity contribution in [2.75, 3.05) is 18.1 Å². The van der Waals surface area contributed by atoms with Crippen LogP contribution in [-0.2, 0) is 9.53 Å². The van der Waals surface area contributed by atoms with Crippen molar-refractivity contribution in [3.63, 3.8) is 0 Å². The van der Waals surface area contributed by atoms with Gasteiger partial charge < -0.3 is 9.84 Å². The molecule has 0 aromatic carbocycles. The number of nitro groups is 1. The normalized spacial score (nSPS) is 9.68. The van der Waals surface area contributed by atoms with Gasteiger partial charge in [-0.2, -0.15) is 0 Å². The van der Waals surface area contributed by atoms with Crippen molar-refractivity contribution in [3.8, 4) is 0 Å². The van der Waals surface area contributed by atoms with Crippen molar-refractivity contribution in [1.82, 2.24) is 0 Å². The van der Waals surface area contributed by atoms with Crippen LogP contribution in [0.15, 0.2) is 24.1 Å². The molecule has 1 N–H and O–H groups in total. The number of carbonyl (C=O) groups is 2. The summed E-state index contributed by atoms with van der Waals surface area (Å²) in [6.07, 6.45) is 0.322. The molecule has 8 nitrogen and oxygen atoms in total. The zero-order valence-corrected chi connectivity index (χ0v) is 10.5. The van der Waals surface area contributed by atoms with Crippen LogP contribution in [0, 0.1) is 10.1 Å². The summed E-state index contributed by atoms with van der Waals surface area (Å²) in [5.41, 5.74) is -0.105. The molecule has 0 fully saturated rings. The van der Waals surface area contributed by atoms with E-state index in [1.165, 1.54) is 17.5 Å². The number of aliphatic carboxylic acids is 1. The number of nitrogens with zero attached hydrogens (tertiary/aromatic N) is 2. The van der Waals surface area contributed by atoms with Crippen molar-refractivity contribution < 1.29 is 24.4 Å². The third-order valence-corrected chi connectivity index (χ3v) is 2.77. The van der Waals surface area contributed by atoms with E-state index in [1.54, 1.807) is 0 Å². The minimum Gasteiger partial charge on any atom is -0.480 e. The van der Waals surface area contributed by atoms with Gasteiger partial charge in [0.1, 0.15) is 18.8 Å². The van der Waals surface area contributed by atoms with E-state index in [2.05, 4.69) is 6.58 Å². The van der Waals surface area contributed by atoms with E-state index in [1.807, 2.05) is 0 Å². The predicted molar refractivity (Wildman–Crippen MR) is 67.5 cm³/mol. The zero-order valence-electron chi connectivity index (χ0n) is 9.64. The Morgan fingerprint density at radius 3 is 2.84 bits per heavy atom. The highest BCUT2D eigenvalue weighted by Crippen LogP contribution is 2.34. The van der Waals surface area contributed by atoms with Crippen LogP contribution >= 0.6 is 11.3 Å². The van der Waals surface area contributed by atoms with Crippen LogP contribution in [0.5, 0.6) is 0 Å². The van der Waals surface area contributed by atoms with E-state index in [0.717, 1.165) is 11.3 Å². The van der Waals surface area contributed by atoms with Gasteiger partial charge in [-0.3, -0.25) is 19.8 Å². The summed E-state index contributed by atoms with van der Waals surface area (Å²) in [7, 11) is 0. The van der Waals surface area contributed by atoms with Gasteiger partial charge in [0.25, 0.3) is 0 Å². The Kier molecular flexibility index (Phi) is 5.01. The number of carboxylic acids is 1. The molecule has 0 aliphatic heterocycles. The van der Waals surface area contributed by atoms with Crippen LogP contribution in [0.4, 0.5) is 15.5 Å². The van der Waals surface area contributed by atoms with Crippen molar-refractivity contribution in [3.05, 3.63) is 34.2 Å². The third-order valence-electron chi connectivity index (χ3n) is 1.92. The zero-order chi connectivity index (χ0) is 14.4. The molecule has 0 spiro atoms. The van der Waals surface area contributed by atoms with Crippen LogP contribution in [-0.4, -0.2) is 35.2 Å². The van der Waals surface area contributed by atoms with E-state index in [0.29, 0.717) is 4.90 Å². The first-order chi connectivity index (χ1) is 8.97. The van der Waals surface area contributed by atoms with Crippen LogP contribution in [0.25, 0.3) is 0 Å². The van der Waals surface area contributed by atoms with Crippen LogP contribution < -0.4 is 4.90 Å². The topological polar surface area (TPSA) is 110 Å². The molecule has 1 amide bonds. The number of ether oxygens (including phenoxy) is 1. The van der Waals surface area contributed by atoms with Crippen molar-refractivity contribution in [2.24, 2.45) is 0 Å². The lowest BCUT2D eigenvalue weighted by molar-refractivity contribution is -0.379. The summed E-state index contributed by atoms with van der Waals surface area (Å²) >= 11 is 0.793. The lowest BCUT2D eigenvalue weighted by atomic mass is 10.4. The maximum Gasteiger partial charge on any atom is 0.415 e. The SMILES string of the molecule is C=CCOC(=O)N(CC(=O)O)c1ccsc1[N+](=O)[O-]. The van der Waals surface area contributed by atoms with E-state index in [-0.39, 0.29) is 17.3 Å². The van der Waals surface area contributed by atoms with Gasteiger partial charge in [0, 0.05) is 0 Å². The fourth-order valence-electron chi connectivity index (χ4n) is 1.23. The minimum atomic E-state index is -1.31. The Labute approximate surface area is 111 Å². The van der Waals surface area contributed by atoms with Gasteiger partial charge in [-0.15, -0.1) is 0 Å². The van der Waals surface area contributed by atoms with E-state index >= 15 is 0 Å². The maximum atomic E-state index is 11.7. The quantitative estimate of drug-likeness (QED) is 0.485. The second-order valence-corrected chi connectivity index (χ2v) is 4.11. The molecule has 0 saturated heterocycles. The Balaban J connectivity index is 3.05. The molecule has 1 aromatic rings. The molecule has 1 aromatic heterocycles. The molecule has 0 aliphatic carbocycles. The number of carboxylic acid groups (broad SMARTS) is 1. The van der Waals surface area contributed by atoms with Crippen LogP contribution in [0.2, 0.25) is 0 Å². The first kappa shape index (κ1) is 14.6. The third kappa shape index (κ3) is 3.78. The van der Waals surface area contributed by atoms with Crippen LogP contribution in [0.3, 0.4) is 0 Å². The Morgan fingerprint density at radius 1 is 1.63 bits per heavy atom. The first-order valence-electron chi connectivity index (χ1n) is 4.96. The number of hydrogen-bond acceptors (Lipinski definition) is 6. The van der Waals surface area contributed by atoms with E-state index in [4.69, 9.17) is 9.84 Å². The Hall–Kier alpha value is -2.42. The maximum absolute atomic E-state index is 11.7. The molecule has 19 heavy (non-hydrogen) atoms. The summed E-state index contributed by atoms with van der Waals surface area (Å²) in [5, 5.41) is 20.6. The summed E-state index contributed by atoms with van der Waals surface area (Å²) < 4.78 is 4.70. The smallest absolute Gasteiger partial charge is 0.415 e. The van der Waals surface area contributed by atoms with Crippen LogP contribution in [0.1, 0.15) is 0 Å². The highest BCUT2D eigenvalue weighted by atomic mass is 32.1. The van der Waals surface area contributed by atoms with Gasteiger partial charge in [0.15, 0.2) is 0 Å². The van der Waals surface area contributed by atoms with Crippen molar-refractivity contribution in [1.29, 1.82) is 0 Å². The fourth-order valence-corrected chi connectivity index (χ4v) is 1.94.